The molecule has 2 atom stereocenters. The van der Waals surface area contributed by atoms with Gasteiger partial charge in [-0.15, -0.1) is 0 Å². The van der Waals surface area contributed by atoms with E-state index in [1.807, 2.05) is 16.7 Å². The summed E-state index contributed by atoms with van der Waals surface area (Å²) in [6, 6.07) is -0.183. The third-order valence-electron chi connectivity index (χ3n) is 6.12. The van der Waals surface area contributed by atoms with Crippen LogP contribution in [0.4, 0.5) is 4.79 Å². The van der Waals surface area contributed by atoms with E-state index >= 15 is 0 Å². The van der Waals surface area contributed by atoms with Crippen LogP contribution in [-0.4, -0.2) is 116 Å². The number of hydrogen-bond donors (Lipinski definition) is 0. The molecule has 0 bridgehead atoms. The van der Waals surface area contributed by atoms with Gasteiger partial charge < -0.3 is 24.2 Å². The Morgan fingerprint density at radius 1 is 0.966 bits per heavy atom. The molecule has 9 nitrogen and oxygen atoms in total. The van der Waals surface area contributed by atoms with E-state index < -0.39 is 0 Å². The number of amides is 3. The first-order valence-corrected chi connectivity index (χ1v) is 10.8. The summed E-state index contributed by atoms with van der Waals surface area (Å²) < 4.78 is 10.4. The highest BCUT2D eigenvalue weighted by atomic mass is 16.5. The summed E-state index contributed by atoms with van der Waals surface area (Å²) in [7, 11) is 0. The van der Waals surface area contributed by atoms with Gasteiger partial charge in [0.05, 0.1) is 31.8 Å². The number of likely N-dealkylation sites (tertiary alicyclic amines) is 1. The van der Waals surface area contributed by atoms with Crippen molar-refractivity contribution < 1.29 is 23.9 Å². The van der Waals surface area contributed by atoms with Gasteiger partial charge in [0.15, 0.2) is 0 Å². The second-order valence-corrected chi connectivity index (χ2v) is 7.96. The molecule has 0 aromatic heterocycles. The maximum absolute atomic E-state index is 13.0. The topological polar surface area (TPSA) is 82.6 Å². The Hall–Kier alpha value is -1.87. The van der Waals surface area contributed by atoms with Crippen molar-refractivity contribution in [2.45, 2.75) is 32.7 Å². The van der Waals surface area contributed by atoms with Crippen molar-refractivity contribution in [1.82, 2.24) is 19.6 Å². The lowest BCUT2D eigenvalue weighted by Gasteiger charge is -2.41. The van der Waals surface area contributed by atoms with Crippen LogP contribution in [0, 0.1) is 5.92 Å². The number of piperazine rings is 1. The van der Waals surface area contributed by atoms with E-state index in [4.69, 9.17) is 9.47 Å². The predicted molar refractivity (Wildman–Crippen MR) is 106 cm³/mol. The largest absolute Gasteiger partial charge is 0.466 e. The summed E-state index contributed by atoms with van der Waals surface area (Å²) in [4.78, 5) is 45.3. The van der Waals surface area contributed by atoms with Crippen LogP contribution in [0.1, 0.15) is 26.7 Å². The Morgan fingerprint density at radius 2 is 1.62 bits per heavy atom. The molecule has 0 spiro atoms. The molecular formula is C20H34N4O5. The fourth-order valence-corrected chi connectivity index (χ4v) is 4.31. The maximum Gasteiger partial charge on any atom is 0.320 e. The molecule has 0 aromatic rings. The summed E-state index contributed by atoms with van der Waals surface area (Å²) >= 11 is 0. The van der Waals surface area contributed by atoms with Crippen LogP contribution in [0.2, 0.25) is 0 Å². The molecule has 0 radical (unpaired) electrons. The Kier molecular flexibility index (Phi) is 7.71. The summed E-state index contributed by atoms with van der Waals surface area (Å²) in [5.74, 6) is -0.359. The highest BCUT2D eigenvalue weighted by molar-refractivity contribution is 5.83. The van der Waals surface area contributed by atoms with Gasteiger partial charge in [-0.3, -0.25) is 14.5 Å². The number of carbonyl (C=O) groups excluding carboxylic acids is 3. The van der Waals surface area contributed by atoms with Gasteiger partial charge in [-0.25, -0.2) is 4.79 Å². The van der Waals surface area contributed by atoms with Gasteiger partial charge in [0.1, 0.15) is 0 Å². The van der Waals surface area contributed by atoms with E-state index in [9.17, 15) is 14.4 Å². The molecule has 3 fully saturated rings. The second kappa shape index (κ2) is 10.2. The quantitative estimate of drug-likeness (QED) is 0.618. The molecule has 2 unspecified atom stereocenters. The third kappa shape index (κ3) is 5.39. The first-order valence-electron chi connectivity index (χ1n) is 10.8. The number of nitrogens with zero attached hydrogens (tertiary/aromatic N) is 4. The van der Waals surface area contributed by atoms with Crippen molar-refractivity contribution in [3.05, 3.63) is 0 Å². The Morgan fingerprint density at radius 3 is 2.28 bits per heavy atom. The van der Waals surface area contributed by atoms with E-state index in [0.29, 0.717) is 72.2 Å². The number of morpholine rings is 1. The van der Waals surface area contributed by atoms with Crippen LogP contribution in [0.5, 0.6) is 0 Å². The van der Waals surface area contributed by atoms with E-state index in [0.717, 1.165) is 12.8 Å². The third-order valence-corrected chi connectivity index (χ3v) is 6.12. The Balaban J connectivity index is 1.48. The molecule has 3 aliphatic rings. The normalized spacial score (nSPS) is 24.9. The van der Waals surface area contributed by atoms with Gasteiger partial charge in [0.2, 0.25) is 5.91 Å². The minimum absolute atomic E-state index is 0.0620. The van der Waals surface area contributed by atoms with Crippen molar-refractivity contribution in [3.8, 4) is 0 Å². The molecule has 0 aliphatic carbocycles. The molecule has 3 aliphatic heterocycles. The molecule has 164 valence electrons. The predicted octanol–water partition coefficient (Wildman–Crippen LogP) is 0.246. The van der Waals surface area contributed by atoms with Gasteiger partial charge in [-0.2, -0.15) is 0 Å². The fraction of sp³-hybridized carbons (Fsp3) is 0.850. The van der Waals surface area contributed by atoms with Crippen molar-refractivity contribution in [1.29, 1.82) is 0 Å². The van der Waals surface area contributed by atoms with Gasteiger partial charge >= 0.3 is 12.0 Å². The zero-order chi connectivity index (χ0) is 20.8. The Labute approximate surface area is 172 Å². The smallest absolute Gasteiger partial charge is 0.320 e. The number of esters is 1. The highest BCUT2D eigenvalue weighted by Gasteiger charge is 2.35. The molecule has 0 aromatic carbocycles. The van der Waals surface area contributed by atoms with Gasteiger partial charge in [-0.05, 0) is 26.7 Å². The molecule has 3 amide bonds. The van der Waals surface area contributed by atoms with Crippen molar-refractivity contribution in [2.24, 2.45) is 5.92 Å². The SMILES string of the molecule is CCOC(=O)C1CCCN(C(=O)C(C)N2CCN(C(=O)N3CCOCC3)CC2)C1. The van der Waals surface area contributed by atoms with Gasteiger partial charge in [0.25, 0.3) is 0 Å². The highest BCUT2D eigenvalue weighted by Crippen LogP contribution is 2.20. The molecule has 0 N–H and O–H groups in total. The zero-order valence-corrected chi connectivity index (χ0v) is 17.7. The summed E-state index contributed by atoms with van der Waals surface area (Å²) in [6.07, 6.45) is 1.60. The summed E-state index contributed by atoms with van der Waals surface area (Å²) in [5, 5.41) is 0. The molecule has 9 heteroatoms. The first-order chi connectivity index (χ1) is 14.0. The number of hydrogen-bond acceptors (Lipinski definition) is 6. The van der Waals surface area contributed by atoms with E-state index in [2.05, 4.69) is 4.90 Å². The van der Waals surface area contributed by atoms with Crippen LogP contribution in [0.3, 0.4) is 0 Å². The van der Waals surface area contributed by atoms with Crippen molar-refractivity contribution >= 4 is 17.9 Å². The maximum atomic E-state index is 13.0. The molecule has 29 heavy (non-hydrogen) atoms. The molecule has 0 saturated carbocycles. The van der Waals surface area contributed by atoms with E-state index in [1.165, 1.54) is 0 Å². The van der Waals surface area contributed by atoms with Crippen molar-refractivity contribution in [3.63, 3.8) is 0 Å². The van der Waals surface area contributed by atoms with Gasteiger partial charge in [0, 0.05) is 52.4 Å². The molecule has 3 saturated heterocycles. The van der Waals surface area contributed by atoms with Crippen molar-refractivity contribution in [2.75, 3.05) is 72.2 Å². The first kappa shape index (κ1) is 21.8. The van der Waals surface area contributed by atoms with Gasteiger partial charge in [-0.1, -0.05) is 0 Å². The Bertz CT molecular complexity index is 587. The summed E-state index contributed by atoms with van der Waals surface area (Å²) in [6.45, 7) is 10.3. The van der Waals surface area contributed by atoms with Crippen LogP contribution < -0.4 is 0 Å². The van der Waals surface area contributed by atoms with E-state index in [-0.39, 0.29) is 29.9 Å². The number of piperidine rings is 1. The summed E-state index contributed by atoms with van der Waals surface area (Å²) in [5.41, 5.74) is 0. The van der Waals surface area contributed by atoms with Crippen LogP contribution in [0.15, 0.2) is 0 Å². The number of carbonyl (C=O) groups is 3. The standard InChI is InChI=1S/C20H34N4O5/c1-3-29-19(26)17-5-4-6-24(15-17)18(25)16(2)21-7-9-22(10-8-21)20(27)23-11-13-28-14-12-23/h16-17H,3-15H2,1-2H3. The number of urea groups is 1. The number of ether oxygens (including phenoxy) is 2. The van der Waals surface area contributed by atoms with Crippen LogP contribution in [-0.2, 0) is 19.1 Å². The fourth-order valence-electron chi connectivity index (χ4n) is 4.31. The molecule has 3 heterocycles. The van der Waals surface area contributed by atoms with Crippen LogP contribution in [0.25, 0.3) is 0 Å². The lowest BCUT2D eigenvalue weighted by atomic mass is 9.97. The minimum Gasteiger partial charge on any atom is -0.466 e. The average Bonchev–Trinajstić information content (AvgIpc) is 2.78. The monoisotopic (exact) mass is 410 g/mol. The molecular weight excluding hydrogens is 376 g/mol. The van der Waals surface area contributed by atoms with E-state index in [1.54, 1.807) is 11.8 Å². The van der Waals surface area contributed by atoms with Crippen LogP contribution >= 0.6 is 0 Å². The number of rotatable bonds is 4. The lowest BCUT2D eigenvalue weighted by Crippen LogP contribution is -2.58. The second-order valence-electron chi connectivity index (χ2n) is 7.96. The zero-order valence-electron chi connectivity index (χ0n) is 17.7. The lowest BCUT2D eigenvalue weighted by molar-refractivity contribution is -0.152. The average molecular weight is 411 g/mol. The molecule has 3 rings (SSSR count). The minimum atomic E-state index is -0.253.